The van der Waals surface area contributed by atoms with Gasteiger partial charge in [-0.25, -0.2) is 0 Å². The van der Waals surface area contributed by atoms with Crippen molar-refractivity contribution >= 4 is 29.9 Å². The molecule has 0 aliphatic rings. The van der Waals surface area contributed by atoms with Gasteiger partial charge in [-0.15, -0.1) is 0 Å². The summed E-state index contributed by atoms with van der Waals surface area (Å²) in [5.41, 5.74) is -0.764. The molecule has 1 radical (unpaired) electrons. The van der Waals surface area contributed by atoms with Crippen LogP contribution in [0.3, 0.4) is 0 Å². The number of carbonyl (C=O) groups is 1. The van der Waals surface area contributed by atoms with E-state index < -0.39 is 5.41 Å². The Hall–Kier alpha value is -1.71. The Kier molecular flexibility index (Phi) is 9.71. The third-order valence-corrected chi connectivity index (χ3v) is 5.92. The minimum absolute atomic E-state index is 0. The molecule has 0 saturated carbocycles. The zero-order chi connectivity index (χ0) is 21.7. The number of ketones is 1. The van der Waals surface area contributed by atoms with Crippen LogP contribution in [0.1, 0.15) is 41.5 Å². The number of pyridine rings is 1. The standard InChI is InChI=1S/C13H8NOSe.C11H20O2.Ir/c1-2-4-11(5-3-1)15-13-12-10(6-8-14-13)7-9-16-12;1-10(2,3)8(12)7-9(13)11(4,5)6;/h1-4,6-9H;7,12H,1-6H3;/q-1;;/b;8-7-;. The molecular weight excluding hydrogens is 621 g/mol. The molecule has 163 valence electrons. The van der Waals surface area contributed by atoms with Crippen molar-refractivity contribution in [3.63, 3.8) is 0 Å². The van der Waals surface area contributed by atoms with Gasteiger partial charge in [-0.05, 0) is 0 Å². The van der Waals surface area contributed by atoms with Crippen LogP contribution >= 0.6 is 0 Å². The van der Waals surface area contributed by atoms with Crippen molar-refractivity contribution < 1.29 is 34.7 Å². The van der Waals surface area contributed by atoms with E-state index in [0.717, 1.165) is 0 Å². The van der Waals surface area contributed by atoms with Gasteiger partial charge in [-0.2, -0.15) is 0 Å². The normalized spacial score (nSPS) is 11.9. The molecule has 3 aromatic rings. The average Bonchev–Trinajstić information content (AvgIpc) is 3.11. The van der Waals surface area contributed by atoms with Gasteiger partial charge < -0.3 is 5.11 Å². The Morgan fingerprint density at radius 1 is 1.10 bits per heavy atom. The van der Waals surface area contributed by atoms with Gasteiger partial charge in [0.1, 0.15) is 5.76 Å². The van der Waals surface area contributed by atoms with E-state index >= 15 is 0 Å². The summed E-state index contributed by atoms with van der Waals surface area (Å²) in [7, 11) is 0. The maximum absolute atomic E-state index is 11.5. The Bertz CT molecular complexity index is 983. The second-order valence-electron chi connectivity index (χ2n) is 8.68. The Morgan fingerprint density at radius 3 is 2.37 bits per heavy atom. The van der Waals surface area contributed by atoms with E-state index in [2.05, 4.69) is 22.1 Å². The molecule has 0 atom stereocenters. The van der Waals surface area contributed by atoms with Gasteiger partial charge in [-0.3, -0.25) is 4.79 Å². The van der Waals surface area contributed by atoms with Gasteiger partial charge in [0.15, 0.2) is 5.78 Å². The van der Waals surface area contributed by atoms with Crippen LogP contribution in [0.5, 0.6) is 11.6 Å². The van der Waals surface area contributed by atoms with E-state index in [4.69, 9.17) is 4.74 Å². The predicted molar refractivity (Wildman–Crippen MR) is 119 cm³/mol. The molecule has 2 aromatic heterocycles. The zero-order valence-electron chi connectivity index (χ0n) is 18.1. The maximum atomic E-state index is 11.5. The SMILES string of the molecule is CC(C)(C)C(=O)/C=C(\O)C(C)(C)C.[Ir].[c-]1ccccc1Oc1nccc2cc[se]c12. The van der Waals surface area contributed by atoms with Crippen LogP contribution in [0.15, 0.2) is 59.4 Å². The van der Waals surface area contributed by atoms with Gasteiger partial charge >= 0.3 is 99.1 Å². The molecule has 0 saturated heterocycles. The fraction of sp³-hybridized carbons (Fsp3) is 0.333. The summed E-state index contributed by atoms with van der Waals surface area (Å²) in [5.74, 6) is 1.53. The molecule has 0 spiro atoms. The topological polar surface area (TPSA) is 59.4 Å². The van der Waals surface area contributed by atoms with Crippen molar-refractivity contribution in [2.24, 2.45) is 10.8 Å². The van der Waals surface area contributed by atoms with E-state index in [0.29, 0.717) is 26.1 Å². The number of aliphatic hydroxyl groups excluding tert-OH is 1. The van der Waals surface area contributed by atoms with E-state index in [1.54, 1.807) is 6.20 Å². The molecule has 0 unspecified atom stereocenters. The quantitative estimate of drug-likeness (QED) is 0.165. The summed E-state index contributed by atoms with van der Waals surface area (Å²) in [6.45, 7) is 11.1. The number of hydrogen-bond acceptors (Lipinski definition) is 4. The second kappa shape index (κ2) is 11.1. The summed E-state index contributed by atoms with van der Waals surface area (Å²) in [6.07, 6.45) is 3.11. The molecule has 6 heteroatoms. The number of aromatic nitrogens is 1. The Balaban J connectivity index is 0.000000299. The fourth-order valence-electron chi connectivity index (χ4n) is 2.04. The van der Waals surface area contributed by atoms with Crippen LogP contribution < -0.4 is 4.74 Å². The van der Waals surface area contributed by atoms with Crippen LogP contribution in [0.2, 0.25) is 0 Å². The number of rotatable bonds is 3. The van der Waals surface area contributed by atoms with E-state index in [-0.39, 0.29) is 37.1 Å². The minimum atomic E-state index is -0.417. The molecule has 1 aromatic carbocycles. The number of carbonyl (C=O) groups excluding carboxylic acids is 1. The number of ether oxygens (including phenoxy) is 1. The Morgan fingerprint density at radius 2 is 1.80 bits per heavy atom. The van der Waals surface area contributed by atoms with Crippen LogP contribution in [0.25, 0.3) is 9.65 Å². The molecule has 0 amide bonds. The number of allylic oxidation sites excluding steroid dienone is 2. The first-order valence-electron chi connectivity index (χ1n) is 9.41. The van der Waals surface area contributed by atoms with Crippen molar-refractivity contribution in [1.82, 2.24) is 4.98 Å². The molecular formula is C24H28IrNO3Se-. The van der Waals surface area contributed by atoms with Crippen molar-refractivity contribution in [2.45, 2.75) is 41.5 Å². The third kappa shape index (κ3) is 7.85. The zero-order valence-corrected chi connectivity index (χ0v) is 22.3. The van der Waals surface area contributed by atoms with Gasteiger partial charge in [-0.1, -0.05) is 41.5 Å². The number of fused-ring (bicyclic) bond motifs is 1. The first-order valence-corrected chi connectivity index (χ1v) is 11.3. The summed E-state index contributed by atoms with van der Waals surface area (Å²) >= 11 is 0.341. The molecule has 0 aliphatic heterocycles. The van der Waals surface area contributed by atoms with Crippen molar-refractivity contribution in [3.05, 3.63) is 65.4 Å². The van der Waals surface area contributed by atoms with Crippen LogP contribution in [-0.2, 0) is 24.9 Å². The molecule has 2 heterocycles. The fourth-order valence-corrected chi connectivity index (χ4v) is 3.76. The summed E-state index contributed by atoms with van der Waals surface area (Å²) in [4.78, 5) is 17.9. The van der Waals surface area contributed by atoms with E-state index in [1.807, 2.05) is 71.9 Å². The predicted octanol–water partition coefficient (Wildman–Crippen LogP) is 5.97. The van der Waals surface area contributed by atoms with Crippen LogP contribution in [0.4, 0.5) is 0 Å². The Labute approximate surface area is 198 Å². The molecule has 0 bridgehead atoms. The molecule has 0 fully saturated rings. The number of para-hydroxylation sites is 1. The molecule has 3 rings (SSSR count). The molecule has 30 heavy (non-hydrogen) atoms. The van der Waals surface area contributed by atoms with Gasteiger partial charge in [0.25, 0.3) is 0 Å². The number of benzene rings is 1. The monoisotopic (exact) mass is 651 g/mol. The third-order valence-electron chi connectivity index (χ3n) is 4.00. The number of nitrogens with zero attached hydrogens (tertiary/aromatic N) is 1. The van der Waals surface area contributed by atoms with Gasteiger partial charge in [0, 0.05) is 37.0 Å². The average molecular weight is 650 g/mol. The van der Waals surface area contributed by atoms with Gasteiger partial charge in [0.2, 0.25) is 0 Å². The first kappa shape index (κ1) is 26.3. The molecule has 0 aliphatic carbocycles. The number of hydrogen-bond donors (Lipinski definition) is 1. The van der Waals surface area contributed by atoms with Crippen LogP contribution in [-0.4, -0.2) is 30.4 Å². The second-order valence-corrected chi connectivity index (χ2v) is 10.6. The summed E-state index contributed by atoms with van der Waals surface area (Å²) < 4.78 is 6.95. The van der Waals surface area contributed by atoms with E-state index in [9.17, 15) is 9.90 Å². The molecule has 1 N–H and O–H groups in total. The van der Waals surface area contributed by atoms with Crippen LogP contribution in [0, 0.1) is 16.9 Å². The van der Waals surface area contributed by atoms with Crippen molar-refractivity contribution in [2.75, 3.05) is 0 Å². The van der Waals surface area contributed by atoms with Crippen molar-refractivity contribution in [1.29, 1.82) is 0 Å². The molecule has 4 nitrogen and oxygen atoms in total. The number of aliphatic hydroxyl groups is 1. The van der Waals surface area contributed by atoms with Gasteiger partial charge in [0.05, 0.1) is 0 Å². The summed E-state index contributed by atoms with van der Waals surface area (Å²) in [5, 5.41) is 10.8. The summed E-state index contributed by atoms with van der Waals surface area (Å²) in [6, 6.07) is 14.7. The first-order chi connectivity index (χ1) is 13.5. The van der Waals surface area contributed by atoms with Crippen molar-refractivity contribution in [3.8, 4) is 11.6 Å². The van der Waals surface area contributed by atoms with E-state index in [1.165, 1.54) is 15.7 Å².